The monoisotopic (exact) mass is 212 g/mol. The summed E-state index contributed by atoms with van der Waals surface area (Å²) in [5, 5.41) is 9.54. The topological polar surface area (TPSA) is 38.7 Å². The van der Waals surface area contributed by atoms with Gasteiger partial charge in [0.2, 0.25) is 0 Å². The van der Waals surface area contributed by atoms with E-state index in [1.807, 2.05) is 0 Å². The predicted molar refractivity (Wildman–Crippen MR) is 52.9 cm³/mol. The van der Waals surface area contributed by atoms with Crippen LogP contribution in [-0.2, 0) is 6.67 Å². The third-order valence-electron chi connectivity index (χ3n) is 2.34. The third-order valence-corrected chi connectivity index (χ3v) is 2.34. The standard InChI is InChI=1S/C11H13FO3/c1-7(13)9-4-8(6-12)5-10-11(9)15-3-2-14-10/h4-5,7,13H,2-3,6H2,1H3. The van der Waals surface area contributed by atoms with Crippen LogP contribution >= 0.6 is 0 Å². The molecule has 1 heterocycles. The van der Waals surface area contributed by atoms with Crippen molar-refractivity contribution in [2.24, 2.45) is 0 Å². The molecule has 3 nitrogen and oxygen atoms in total. The predicted octanol–water partition coefficient (Wildman–Crippen LogP) is 1.98. The number of aliphatic hydroxyl groups excluding tert-OH is 1. The van der Waals surface area contributed by atoms with Gasteiger partial charge in [-0.1, -0.05) is 0 Å². The minimum atomic E-state index is -0.688. The van der Waals surface area contributed by atoms with Gasteiger partial charge in [0.1, 0.15) is 19.9 Å². The fourth-order valence-corrected chi connectivity index (χ4v) is 1.63. The molecule has 1 aliphatic rings. The number of hydrogen-bond donors (Lipinski definition) is 1. The van der Waals surface area contributed by atoms with Crippen LogP contribution in [0.25, 0.3) is 0 Å². The zero-order valence-corrected chi connectivity index (χ0v) is 8.50. The Labute approximate surface area is 87.4 Å². The molecule has 82 valence electrons. The Morgan fingerprint density at radius 2 is 2.13 bits per heavy atom. The van der Waals surface area contributed by atoms with Crippen LogP contribution in [0.5, 0.6) is 11.5 Å². The largest absolute Gasteiger partial charge is 0.486 e. The van der Waals surface area contributed by atoms with Gasteiger partial charge in [-0.05, 0) is 24.6 Å². The first-order valence-corrected chi connectivity index (χ1v) is 4.89. The van der Waals surface area contributed by atoms with E-state index < -0.39 is 12.8 Å². The number of benzene rings is 1. The summed E-state index contributed by atoms with van der Waals surface area (Å²) in [6.45, 7) is 1.97. The maximum absolute atomic E-state index is 12.6. The number of alkyl halides is 1. The molecule has 1 atom stereocenters. The number of hydrogen-bond acceptors (Lipinski definition) is 3. The van der Waals surface area contributed by atoms with Crippen molar-refractivity contribution in [3.05, 3.63) is 23.3 Å². The van der Waals surface area contributed by atoms with Crippen molar-refractivity contribution in [1.29, 1.82) is 0 Å². The zero-order chi connectivity index (χ0) is 10.8. The van der Waals surface area contributed by atoms with E-state index in [-0.39, 0.29) is 0 Å². The minimum absolute atomic E-state index is 0.460. The van der Waals surface area contributed by atoms with Crippen molar-refractivity contribution in [3.8, 4) is 11.5 Å². The molecular weight excluding hydrogens is 199 g/mol. The summed E-state index contributed by atoms with van der Waals surface area (Å²) < 4.78 is 23.3. The number of fused-ring (bicyclic) bond motifs is 1. The van der Waals surface area contributed by atoms with Crippen molar-refractivity contribution in [2.45, 2.75) is 19.7 Å². The molecule has 0 spiro atoms. The van der Waals surface area contributed by atoms with Gasteiger partial charge in [0.25, 0.3) is 0 Å². The highest BCUT2D eigenvalue weighted by atomic mass is 19.1. The number of rotatable bonds is 2. The quantitative estimate of drug-likeness (QED) is 0.814. The zero-order valence-electron chi connectivity index (χ0n) is 8.50. The molecule has 1 aromatic carbocycles. The number of aliphatic hydroxyl groups is 1. The van der Waals surface area contributed by atoms with Crippen LogP contribution in [0, 0.1) is 0 Å². The average molecular weight is 212 g/mol. The van der Waals surface area contributed by atoms with E-state index in [0.717, 1.165) is 0 Å². The fourth-order valence-electron chi connectivity index (χ4n) is 1.63. The summed E-state index contributed by atoms with van der Waals surface area (Å²) >= 11 is 0. The van der Waals surface area contributed by atoms with Gasteiger partial charge in [0.15, 0.2) is 11.5 Å². The van der Waals surface area contributed by atoms with E-state index in [2.05, 4.69) is 0 Å². The Hall–Kier alpha value is -1.29. The maximum Gasteiger partial charge on any atom is 0.167 e. The van der Waals surface area contributed by atoms with Crippen molar-refractivity contribution in [2.75, 3.05) is 13.2 Å². The first-order chi connectivity index (χ1) is 7.22. The van der Waals surface area contributed by atoms with E-state index in [0.29, 0.717) is 35.8 Å². The maximum atomic E-state index is 12.6. The highest BCUT2D eigenvalue weighted by molar-refractivity contribution is 5.51. The van der Waals surface area contributed by atoms with Crippen LogP contribution < -0.4 is 9.47 Å². The van der Waals surface area contributed by atoms with E-state index in [4.69, 9.17) is 9.47 Å². The summed E-state index contributed by atoms with van der Waals surface area (Å²) in [4.78, 5) is 0. The van der Waals surface area contributed by atoms with Gasteiger partial charge in [-0.2, -0.15) is 0 Å². The first kappa shape index (κ1) is 10.2. The van der Waals surface area contributed by atoms with Crippen LogP contribution in [0.2, 0.25) is 0 Å². The third kappa shape index (κ3) is 1.90. The molecule has 1 N–H and O–H groups in total. The first-order valence-electron chi connectivity index (χ1n) is 4.89. The van der Waals surface area contributed by atoms with Crippen LogP contribution in [0.15, 0.2) is 12.1 Å². The molecule has 1 aromatic rings. The van der Waals surface area contributed by atoms with Crippen LogP contribution in [-0.4, -0.2) is 18.3 Å². The lowest BCUT2D eigenvalue weighted by Crippen LogP contribution is -2.17. The number of ether oxygens (including phenoxy) is 2. The molecule has 0 saturated carbocycles. The van der Waals surface area contributed by atoms with Crippen molar-refractivity contribution >= 4 is 0 Å². The summed E-state index contributed by atoms with van der Waals surface area (Å²) in [6.07, 6.45) is -0.688. The Kier molecular flexibility index (Phi) is 2.77. The van der Waals surface area contributed by atoms with E-state index >= 15 is 0 Å². The lowest BCUT2D eigenvalue weighted by molar-refractivity contribution is 0.153. The average Bonchev–Trinajstić information content (AvgIpc) is 2.27. The summed E-state index contributed by atoms with van der Waals surface area (Å²) in [6, 6.07) is 3.22. The summed E-state index contributed by atoms with van der Waals surface area (Å²) in [5.74, 6) is 1.06. The molecule has 0 amide bonds. The normalized spacial score (nSPS) is 16.2. The van der Waals surface area contributed by atoms with Crippen molar-refractivity contribution in [3.63, 3.8) is 0 Å². The van der Waals surface area contributed by atoms with Crippen LogP contribution in [0.4, 0.5) is 4.39 Å². The van der Waals surface area contributed by atoms with Gasteiger partial charge in [-0.25, -0.2) is 4.39 Å². The SMILES string of the molecule is CC(O)c1cc(CF)cc2c1OCCO2. The van der Waals surface area contributed by atoms with Crippen molar-refractivity contribution in [1.82, 2.24) is 0 Å². The van der Waals surface area contributed by atoms with E-state index in [1.54, 1.807) is 19.1 Å². The van der Waals surface area contributed by atoms with Gasteiger partial charge >= 0.3 is 0 Å². The Bertz CT molecular complexity index is 363. The Morgan fingerprint density at radius 3 is 2.80 bits per heavy atom. The molecule has 0 fully saturated rings. The molecular formula is C11H13FO3. The molecule has 0 saturated heterocycles. The molecule has 2 rings (SSSR count). The molecule has 0 bridgehead atoms. The molecule has 4 heteroatoms. The highest BCUT2D eigenvalue weighted by Crippen LogP contribution is 2.38. The molecule has 0 radical (unpaired) electrons. The number of halogens is 1. The Balaban J connectivity index is 2.50. The second kappa shape index (κ2) is 4.06. The Morgan fingerprint density at radius 1 is 1.40 bits per heavy atom. The lowest BCUT2D eigenvalue weighted by atomic mass is 10.0. The second-order valence-electron chi connectivity index (χ2n) is 3.52. The fraction of sp³-hybridized carbons (Fsp3) is 0.455. The van der Waals surface area contributed by atoms with Gasteiger partial charge in [0.05, 0.1) is 6.10 Å². The van der Waals surface area contributed by atoms with Crippen LogP contribution in [0.1, 0.15) is 24.2 Å². The van der Waals surface area contributed by atoms with Crippen LogP contribution in [0.3, 0.4) is 0 Å². The van der Waals surface area contributed by atoms with Gasteiger partial charge in [-0.15, -0.1) is 0 Å². The smallest absolute Gasteiger partial charge is 0.167 e. The molecule has 1 aliphatic heterocycles. The molecule has 1 unspecified atom stereocenters. The molecule has 0 aliphatic carbocycles. The van der Waals surface area contributed by atoms with Crippen molar-refractivity contribution < 1.29 is 19.0 Å². The van der Waals surface area contributed by atoms with E-state index in [1.165, 1.54) is 0 Å². The van der Waals surface area contributed by atoms with Gasteiger partial charge in [-0.3, -0.25) is 0 Å². The molecule has 15 heavy (non-hydrogen) atoms. The second-order valence-corrected chi connectivity index (χ2v) is 3.52. The van der Waals surface area contributed by atoms with Gasteiger partial charge < -0.3 is 14.6 Å². The summed E-state index contributed by atoms with van der Waals surface area (Å²) in [7, 11) is 0. The van der Waals surface area contributed by atoms with E-state index in [9.17, 15) is 9.50 Å². The highest BCUT2D eigenvalue weighted by Gasteiger charge is 2.20. The minimum Gasteiger partial charge on any atom is -0.486 e. The molecule has 0 aromatic heterocycles. The van der Waals surface area contributed by atoms with Gasteiger partial charge in [0, 0.05) is 5.56 Å². The lowest BCUT2D eigenvalue weighted by Gasteiger charge is -2.22. The summed E-state index contributed by atoms with van der Waals surface area (Å²) in [5.41, 5.74) is 1.08.